The van der Waals surface area contributed by atoms with Crippen molar-refractivity contribution in [3.8, 4) is 0 Å². The van der Waals surface area contributed by atoms with Gasteiger partial charge in [0.25, 0.3) is 0 Å². The van der Waals surface area contributed by atoms with Gasteiger partial charge in [-0.05, 0) is 0 Å². The molecule has 6 nitrogen and oxygen atoms in total. The molecule has 1 fully saturated rings. The maximum atomic E-state index is 9.48. The molecule has 0 aromatic heterocycles. The normalized spacial score (nSPS) is 37.9. The van der Waals surface area contributed by atoms with Gasteiger partial charge in [-0.3, -0.25) is 0 Å². The molecule has 1 heterocycles. The van der Waals surface area contributed by atoms with E-state index < -0.39 is 37.3 Å². The highest BCUT2D eigenvalue weighted by Gasteiger charge is 2.46. The largest absolute Gasteiger partial charge is 0.394 e. The first-order valence-electron chi connectivity index (χ1n) is 4.64. The summed E-state index contributed by atoms with van der Waals surface area (Å²) in [5.74, 6) is 0. The van der Waals surface area contributed by atoms with Crippen LogP contribution in [-0.2, 0) is 9.47 Å². The first kappa shape index (κ1) is 12.6. The van der Waals surface area contributed by atoms with Gasteiger partial charge in [0.05, 0.1) is 13.2 Å². The van der Waals surface area contributed by atoms with Gasteiger partial charge in [-0.2, -0.15) is 0 Å². The van der Waals surface area contributed by atoms with Crippen molar-refractivity contribution in [2.45, 2.75) is 30.7 Å². The van der Waals surface area contributed by atoms with Gasteiger partial charge in [0.15, 0.2) is 6.29 Å². The summed E-state index contributed by atoms with van der Waals surface area (Å²) in [6.07, 6.45) is -4.34. The Morgan fingerprint density at radius 3 is 2.60 bits per heavy atom. The maximum absolute atomic E-state index is 9.48. The highest BCUT2D eigenvalue weighted by molar-refractivity contribution is 4.90. The molecule has 0 radical (unpaired) electrons. The van der Waals surface area contributed by atoms with Crippen LogP contribution in [0.15, 0.2) is 12.7 Å². The highest BCUT2D eigenvalue weighted by atomic mass is 16.7. The molecule has 0 aromatic carbocycles. The number of rotatable bonds is 5. The molecule has 4 N–H and O–H groups in total. The van der Waals surface area contributed by atoms with Crippen LogP contribution in [0.2, 0.25) is 0 Å². The SMILES string of the molecule is C=CCO[C@H]1O[C@H]([C@@H](O)CO)[C@H](O)[C@H]1O. The molecule has 0 aliphatic carbocycles. The second-order valence-corrected chi connectivity index (χ2v) is 3.32. The minimum absolute atomic E-state index is 0.163. The molecule has 1 saturated heterocycles. The van der Waals surface area contributed by atoms with E-state index in [0.29, 0.717) is 0 Å². The lowest BCUT2D eigenvalue weighted by atomic mass is 10.1. The highest BCUT2D eigenvalue weighted by Crippen LogP contribution is 2.24. The third kappa shape index (κ3) is 2.75. The average Bonchev–Trinajstić information content (AvgIpc) is 2.53. The summed E-state index contributed by atoms with van der Waals surface area (Å²) in [5.41, 5.74) is 0. The Morgan fingerprint density at radius 1 is 1.40 bits per heavy atom. The summed E-state index contributed by atoms with van der Waals surface area (Å²) in [6.45, 7) is 3.03. The molecule has 0 amide bonds. The van der Waals surface area contributed by atoms with Gasteiger partial charge in [0.1, 0.15) is 24.4 Å². The first-order valence-corrected chi connectivity index (χ1v) is 4.64. The van der Waals surface area contributed by atoms with E-state index in [9.17, 15) is 15.3 Å². The Hall–Kier alpha value is -0.500. The molecule has 0 unspecified atom stereocenters. The zero-order valence-electron chi connectivity index (χ0n) is 8.19. The molecule has 5 atom stereocenters. The summed E-state index contributed by atoms with van der Waals surface area (Å²) in [5, 5.41) is 36.9. The van der Waals surface area contributed by atoms with Crippen molar-refractivity contribution >= 4 is 0 Å². The molecule has 1 rings (SSSR count). The summed E-state index contributed by atoms with van der Waals surface area (Å²) in [4.78, 5) is 0. The van der Waals surface area contributed by atoms with E-state index in [2.05, 4.69) is 6.58 Å². The standard InChI is InChI=1S/C9H16O6/c1-2-3-14-9-7(13)6(12)8(15-9)5(11)4-10/h2,5-13H,1,3-4H2/t5-,6+,7+,8+,9-/m0/s1. The third-order valence-electron chi connectivity index (χ3n) is 2.20. The average molecular weight is 220 g/mol. The zero-order valence-corrected chi connectivity index (χ0v) is 8.19. The Labute approximate surface area is 87.4 Å². The van der Waals surface area contributed by atoms with E-state index in [-0.39, 0.29) is 6.61 Å². The van der Waals surface area contributed by atoms with Crippen molar-refractivity contribution in [3.05, 3.63) is 12.7 Å². The molecule has 1 aliphatic heterocycles. The lowest BCUT2D eigenvalue weighted by Crippen LogP contribution is -2.40. The van der Waals surface area contributed by atoms with E-state index in [0.717, 1.165) is 0 Å². The monoisotopic (exact) mass is 220 g/mol. The van der Waals surface area contributed by atoms with E-state index in [1.807, 2.05) is 0 Å². The fourth-order valence-corrected chi connectivity index (χ4v) is 1.39. The zero-order chi connectivity index (χ0) is 11.4. The van der Waals surface area contributed by atoms with Gasteiger partial charge < -0.3 is 29.9 Å². The second-order valence-electron chi connectivity index (χ2n) is 3.32. The van der Waals surface area contributed by atoms with Crippen LogP contribution in [0.1, 0.15) is 0 Å². The number of ether oxygens (including phenoxy) is 2. The molecular formula is C9H16O6. The molecule has 1 aliphatic rings. The van der Waals surface area contributed by atoms with E-state index in [4.69, 9.17) is 14.6 Å². The summed E-state index contributed by atoms with van der Waals surface area (Å²) < 4.78 is 10.1. The van der Waals surface area contributed by atoms with Crippen molar-refractivity contribution in [3.63, 3.8) is 0 Å². The molecule has 15 heavy (non-hydrogen) atoms. The molecule has 0 aromatic rings. The lowest BCUT2D eigenvalue weighted by Gasteiger charge is -2.18. The van der Waals surface area contributed by atoms with Crippen LogP contribution >= 0.6 is 0 Å². The third-order valence-corrected chi connectivity index (χ3v) is 2.20. The van der Waals surface area contributed by atoms with E-state index >= 15 is 0 Å². The van der Waals surface area contributed by atoms with Gasteiger partial charge in [-0.1, -0.05) is 6.08 Å². The van der Waals surface area contributed by atoms with Crippen LogP contribution in [0.25, 0.3) is 0 Å². The Kier molecular flexibility index (Phi) is 4.65. The molecular weight excluding hydrogens is 204 g/mol. The second kappa shape index (κ2) is 5.55. The van der Waals surface area contributed by atoms with Crippen LogP contribution in [0.3, 0.4) is 0 Å². The lowest BCUT2D eigenvalue weighted by molar-refractivity contribution is -0.175. The van der Waals surface area contributed by atoms with Crippen LogP contribution < -0.4 is 0 Å². The fraction of sp³-hybridized carbons (Fsp3) is 0.778. The summed E-state index contributed by atoms with van der Waals surface area (Å²) >= 11 is 0. The topological polar surface area (TPSA) is 99.4 Å². The summed E-state index contributed by atoms with van der Waals surface area (Å²) in [6, 6.07) is 0. The minimum atomic E-state index is -1.28. The van der Waals surface area contributed by atoms with Crippen molar-refractivity contribution in [2.75, 3.05) is 13.2 Å². The van der Waals surface area contributed by atoms with Gasteiger partial charge in [-0.15, -0.1) is 6.58 Å². The molecule has 0 saturated carbocycles. The number of hydrogen-bond donors (Lipinski definition) is 4. The van der Waals surface area contributed by atoms with E-state index in [1.165, 1.54) is 6.08 Å². The predicted octanol–water partition coefficient (Wildman–Crippen LogP) is -2.01. The van der Waals surface area contributed by atoms with Crippen molar-refractivity contribution in [1.82, 2.24) is 0 Å². The van der Waals surface area contributed by atoms with Crippen molar-refractivity contribution in [1.29, 1.82) is 0 Å². The minimum Gasteiger partial charge on any atom is -0.394 e. The quantitative estimate of drug-likeness (QED) is 0.399. The molecule has 0 bridgehead atoms. The van der Waals surface area contributed by atoms with E-state index in [1.54, 1.807) is 0 Å². The summed E-state index contributed by atoms with van der Waals surface area (Å²) in [7, 11) is 0. The van der Waals surface area contributed by atoms with Crippen molar-refractivity contribution in [2.24, 2.45) is 0 Å². The Morgan fingerprint density at radius 2 is 2.07 bits per heavy atom. The van der Waals surface area contributed by atoms with Gasteiger partial charge in [0.2, 0.25) is 0 Å². The predicted molar refractivity (Wildman–Crippen MR) is 49.9 cm³/mol. The molecule has 0 spiro atoms. The molecule has 88 valence electrons. The number of aliphatic hydroxyl groups excluding tert-OH is 4. The first-order chi connectivity index (χ1) is 7.11. The van der Waals surface area contributed by atoms with Crippen LogP contribution in [0, 0.1) is 0 Å². The van der Waals surface area contributed by atoms with Crippen LogP contribution in [0.4, 0.5) is 0 Å². The van der Waals surface area contributed by atoms with Crippen LogP contribution in [-0.4, -0.2) is 64.3 Å². The smallest absolute Gasteiger partial charge is 0.187 e. The van der Waals surface area contributed by atoms with Crippen molar-refractivity contribution < 1.29 is 29.9 Å². The maximum Gasteiger partial charge on any atom is 0.187 e. The van der Waals surface area contributed by atoms with Gasteiger partial charge >= 0.3 is 0 Å². The fourth-order valence-electron chi connectivity index (χ4n) is 1.39. The number of aliphatic hydroxyl groups is 4. The Bertz CT molecular complexity index is 209. The molecule has 6 heteroatoms. The van der Waals surface area contributed by atoms with Gasteiger partial charge in [-0.25, -0.2) is 0 Å². The van der Waals surface area contributed by atoms with Gasteiger partial charge in [0, 0.05) is 0 Å². The van der Waals surface area contributed by atoms with Crippen LogP contribution in [0.5, 0.6) is 0 Å². The number of hydrogen-bond acceptors (Lipinski definition) is 6. The Balaban J connectivity index is 2.54.